The van der Waals surface area contributed by atoms with E-state index < -0.39 is 0 Å². The molecule has 1 aromatic heterocycles. The molecular weight excluding hydrogens is 254 g/mol. The summed E-state index contributed by atoms with van der Waals surface area (Å²) in [5.41, 5.74) is 5.50. The third-order valence-electron chi connectivity index (χ3n) is 3.55. The molecule has 0 aliphatic heterocycles. The zero-order valence-corrected chi connectivity index (χ0v) is 11.7. The second kappa shape index (κ2) is 4.67. The summed E-state index contributed by atoms with van der Waals surface area (Å²) in [6.45, 7) is 4.18. The molecule has 0 amide bonds. The molecule has 0 radical (unpaired) electrons. The van der Waals surface area contributed by atoms with Crippen LogP contribution in [0.5, 0.6) is 0 Å². The second-order valence-corrected chi connectivity index (χ2v) is 5.13. The molecule has 0 atom stereocenters. The lowest BCUT2D eigenvalue weighted by molar-refractivity contribution is 1.31. The van der Waals surface area contributed by atoms with E-state index in [1.165, 1.54) is 11.1 Å². The van der Waals surface area contributed by atoms with Crippen LogP contribution >= 0.6 is 11.6 Å². The van der Waals surface area contributed by atoms with Crippen LogP contribution in [-0.4, -0.2) is 4.98 Å². The fourth-order valence-electron chi connectivity index (χ4n) is 2.28. The zero-order valence-electron chi connectivity index (χ0n) is 10.9. The molecule has 19 heavy (non-hydrogen) atoms. The number of aromatic nitrogens is 1. The Bertz CT molecular complexity index is 748. The van der Waals surface area contributed by atoms with E-state index in [1.54, 1.807) is 0 Å². The number of nitrogens with zero attached hydrogens (tertiary/aromatic N) is 1. The molecule has 0 unspecified atom stereocenters. The maximum Gasteiger partial charge on any atom is 0.137 e. The van der Waals surface area contributed by atoms with Crippen molar-refractivity contribution in [1.29, 1.82) is 0 Å². The average Bonchev–Trinajstić information content (AvgIpc) is 2.44. The van der Waals surface area contributed by atoms with E-state index in [1.807, 2.05) is 18.2 Å². The van der Waals surface area contributed by atoms with Gasteiger partial charge < -0.3 is 0 Å². The summed E-state index contributed by atoms with van der Waals surface area (Å²) in [7, 11) is 0. The molecule has 3 rings (SSSR count). The molecule has 3 aromatic rings. The molecule has 0 saturated carbocycles. The maximum absolute atomic E-state index is 6.35. The van der Waals surface area contributed by atoms with Gasteiger partial charge in [0, 0.05) is 10.9 Å². The van der Waals surface area contributed by atoms with Gasteiger partial charge in [0.2, 0.25) is 0 Å². The Kier molecular flexibility index (Phi) is 3.00. The van der Waals surface area contributed by atoms with E-state index in [4.69, 9.17) is 11.6 Å². The van der Waals surface area contributed by atoms with Crippen molar-refractivity contribution in [3.63, 3.8) is 0 Å². The highest BCUT2D eigenvalue weighted by Crippen LogP contribution is 2.31. The van der Waals surface area contributed by atoms with Crippen LogP contribution in [0, 0.1) is 13.8 Å². The molecule has 0 N–H and O–H groups in total. The lowest BCUT2D eigenvalue weighted by Gasteiger charge is -2.09. The predicted octanol–water partition coefficient (Wildman–Crippen LogP) is 5.17. The van der Waals surface area contributed by atoms with Gasteiger partial charge in [0.05, 0.1) is 5.52 Å². The van der Waals surface area contributed by atoms with Crippen LogP contribution in [0.25, 0.3) is 22.0 Å². The minimum atomic E-state index is 0.562. The Morgan fingerprint density at radius 1 is 0.947 bits per heavy atom. The summed E-state index contributed by atoms with van der Waals surface area (Å²) < 4.78 is 0. The Morgan fingerprint density at radius 2 is 1.68 bits per heavy atom. The van der Waals surface area contributed by atoms with Crippen LogP contribution in [-0.2, 0) is 0 Å². The number of pyridine rings is 1. The number of halogens is 1. The van der Waals surface area contributed by atoms with E-state index in [0.29, 0.717) is 5.15 Å². The highest BCUT2D eigenvalue weighted by atomic mass is 35.5. The normalized spacial score (nSPS) is 10.9. The van der Waals surface area contributed by atoms with Gasteiger partial charge >= 0.3 is 0 Å². The predicted molar refractivity (Wildman–Crippen MR) is 81.7 cm³/mol. The quantitative estimate of drug-likeness (QED) is 0.554. The minimum absolute atomic E-state index is 0.562. The van der Waals surface area contributed by atoms with Crippen molar-refractivity contribution in [3.05, 3.63) is 64.8 Å². The van der Waals surface area contributed by atoms with E-state index in [2.05, 4.69) is 49.2 Å². The van der Waals surface area contributed by atoms with Gasteiger partial charge in [0.15, 0.2) is 0 Å². The average molecular weight is 268 g/mol. The molecule has 0 fully saturated rings. The summed E-state index contributed by atoms with van der Waals surface area (Å²) in [4.78, 5) is 4.58. The van der Waals surface area contributed by atoms with Crippen LogP contribution in [0.1, 0.15) is 11.1 Å². The molecule has 1 nitrogen and oxygen atoms in total. The monoisotopic (exact) mass is 267 g/mol. The van der Waals surface area contributed by atoms with E-state index in [-0.39, 0.29) is 0 Å². The molecule has 94 valence electrons. The van der Waals surface area contributed by atoms with Crippen LogP contribution in [0.2, 0.25) is 5.15 Å². The lowest BCUT2D eigenvalue weighted by atomic mass is 10.0. The second-order valence-electron chi connectivity index (χ2n) is 4.77. The Balaban J connectivity index is 2.30. The van der Waals surface area contributed by atoms with Crippen LogP contribution in [0.4, 0.5) is 0 Å². The third kappa shape index (κ3) is 2.11. The number of hydrogen-bond acceptors (Lipinski definition) is 1. The van der Waals surface area contributed by atoms with Gasteiger partial charge in [0.1, 0.15) is 5.15 Å². The van der Waals surface area contributed by atoms with Gasteiger partial charge in [-0.05, 0) is 36.6 Å². The molecule has 1 heterocycles. The van der Waals surface area contributed by atoms with Gasteiger partial charge in [0.25, 0.3) is 0 Å². The highest BCUT2D eigenvalue weighted by Gasteiger charge is 2.09. The lowest BCUT2D eigenvalue weighted by Crippen LogP contribution is -1.90. The SMILES string of the molecule is Cc1ccc2cc(-c3ccccc3)c(Cl)nc2c1C. The molecule has 2 heteroatoms. The van der Waals surface area contributed by atoms with Crippen LogP contribution in [0.15, 0.2) is 48.5 Å². The summed E-state index contributed by atoms with van der Waals surface area (Å²) in [5, 5.41) is 1.69. The fraction of sp³-hybridized carbons (Fsp3) is 0.118. The summed E-state index contributed by atoms with van der Waals surface area (Å²) in [6.07, 6.45) is 0. The van der Waals surface area contributed by atoms with Gasteiger partial charge in [-0.3, -0.25) is 0 Å². The first-order chi connectivity index (χ1) is 9.16. The molecule has 0 spiro atoms. The number of hydrogen-bond donors (Lipinski definition) is 0. The van der Waals surface area contributed by atoms with Crippen LogP contribution in [0.3, 0.4) is 0 Å². The number of rotatable bonds is 1. The van der Waals surface area contributed by atoms with Gasteiger partial charge in [-0.15, -0.1) is 0 Å². The first kappa shape index (κ1) is 12.2. The standard InChI is InChI=1S/C17H14ClN/c1-11-8-9-14-10-15(13-6-4-3-5-7-13)17(18)19-16(14)12(11)2/h3-10H,1-2H3. The van der Waals surface area contributed by atoms with E-state index in [0.717, 1.165) is 22.0 Å². The Labute approximate surface area is 117 Å². The Morgan fingerprint density at radius 3 is 2.42 bits per heavy atom. The van der Waals surface area contributed by atoms with Gasteiger partial charge in [-0.1, -0.05) is 54.1 Å². The third-order valence-corrected chi connectivity index (χ3v) is 3.84. The molecule has 0 aliphatic carbocycles. The van der Waals surface area contributed by atoms with Crippen molar-refractivity contribution in [2.45, 2.75) is 13.8 Å². The van der Waals surface area contributed by atoms with Crippen molar-refractivity contribution in [2.75, 3.05) is 0 Å². The summed E-state index contributed by atoms with van der Waals surface area (Å²) in [5.74, 6) is 0. The topological polar surface area (TPSA) is 12.9 Å². The molecule has 2 aromatic carbocycles. The molecular formula is C17H14ClN. The Hall–Kier alpha value is -1.86. The number of fused-ring (bicyclic) bond motifs is 1. The summed E-state index contributed by atoms with van der Waals surface area (Å²) in [6, 6.07) is 16.5. The summed E-state index contributed by atoms with van der Waals surface area (Å²) >= 11 is 6.35. The van der Waals surface area contributed by atoms with Gasteiger partial charge in [-0.25, -0.2) is 4.98 Å². The number of benzene rings is 2. The maximum atomic E-state index is 6.35. The van der Waals surface area contributed by atoms with Crippen molar-refractivity contribution in [3.8, 4) is 11.1 Å². The van der Waals surface area contributed by atoms with E-state index in [9.17, 15) is 0 Å². The highest BCUT2D eigenvalue weighted by molar-refractivity contribution is 6.32. The van der Waals surface area contributed by atoms with Gasteiger partial charge in [-0.2, -0.15) is 0 Å². The molecule has 0 bridgehead atoms. The smallest absolute Gasteiger partial charge is 0.137 e. The van der Waals surface area contributed by atoms with E-state index >= 15 is 0 Å². The van der Waals surface area contributed by atoms with Crippen molar-refractivity contribution in [1.82, 2.24) is 4.98 Å². The van der Waals surface area contributed by atoms with Crippen LogP contribution < -0.4 is 0 Å². The van der Waals surface area contributed by atoms with Crippen molar-refractivity contribution in [2.24, 2.45) is 0 Å². The fourth-order valence-corrected chi connectivity index (χ4v) is 2.53. The molecule has 0 aliphatic rings. The zero-order chi connectivity index (χ0) is 13.4. The number of aryl methyl sites for hydroxylation is 2. The first-order valence-electron chi connectivity index (χ1n) is 6.28. The minimum Gasteiger partial charge on any atom is -0.235 e. The molecule has 0 saturated heterocycles. The van der Waals surface area contributed by atoms with Crippen molar-refractivity contribution < 1.29 is 0 Å². The van der Waals surface area contributed by atoms with Crippen molar-refractivity contribution >= 4 is 22.5 Å². The first-order valence-corrected chi connectivity index (χ1v) is 6.66. The largest absolute Gasteiger partial charge is 0.235 e.